The molecule has 0 rings (SSSR count). The van der Waals surface area contributed by atoms with Gasteiger partial charge in [-0.05, 0) is 128 Å². The molecule has 0 aromatic rings. The Kier molecular flexibility index (Phi) is 54.4. The number of hydrogen-bond acceptors (Lipinski definition) is 6. The molecule has 0 saturated carbocycles. The van der Waals surface area contributed by atoms with Crippen LogP contribution in [0.2, 0.25) is 0 Å². The van der Waals surface area contributed by atoms with Crippen molar-refractivity contribution >= 4 is 17.9 Å². The lowest BCUT2D eigenvalue weighted by atomic mass is 10.1. The van der Waals surface area contributed by atoms with Gasteiger partial charge in [-0.2, -0.15) is 0 Å². The van der Waals surface area contributed by atoms with Gasteiger partial charge in [-0.15, -0.1) is 0 Å². The van der Waals surface area contributed by atoms with E-state index in [1.807, 2.05) is 0 Å². The van der Waals surface area contributed by atoms with Crippen LogP contribution in [0.4, 0.5) is 0 Å². The molecule has 0 heterocycles. The molecule has 1 unspecified atom stereocenters. The minimum Gasteiger partial charge on any atom is -0.462 e. The van der Waals surface area contributed by atoms with Crippen LogP contribution in [0.5, 0.6) is 0 Å². The molecular formula is C64H106O6. The molecule has 70 heavy (non-hydrogen) atoms. The van der Waals surface area contributed by atoms with E-state index < -0.39 is 6.10 Å². The van der Waals surface area contributed by atoms with Crippen molar-refractivity contribution in [2.45, 2.75) is 264 Å². The number of esters is 3. The smallest absolute Gasteiger partial charge is 0.306 e. The molecule has 0 aliphatic rings. The Morgan fingerprint density at radius 3 is 0.914 bits per heavy atom. The second-order valence-electron chi connectivity index (χ2n) is 18.8. The summed E-state index contributed by atoms with van der Waals surface area (Å²) < 4.78 is 16.8. The number of allylic oxidation sites excluding steroid dienone is 18. The zero-order valence-electron chi connectivity index (χ0n) is 45.5. The second-order valence-corrected chi connectivity index (χ2v) is 18.8. The molecule has 6 nitrogen and oxygen atoms in total. The Hall–Kier alpha value is -3.93. The summed E-state index contributed by atoms with van der Waals surface area (Å²) in [7, 11) is 0. The van der Waals surface area contributed by atoms with Crippen molar-refractivity contribution in [3.63, 3.8) is 0 Å². The minimum atomic E-state index is -0.802. The van der Waals surface area contributed by atoms with Crippen LogP contribution in [-0.4, -0.2) is 37.2 Å². The lowest BCUT2D eigenvalue weighted by Gasteiger charge is -2.18. The van der Waals surface area contributed by atoms with Crippen LogP contribution in [0.3, 0.4) is 0 Å². The molecule has 0 N–H and O–H groups in total. The van der Waals surface area contributed by atoms with Gasteiger partial charge in [-0.1, -0.05) is 220 Å². The fourth-order valence-electron chi connectivity index (χ4n) is 7.65. The first-order valence-corrected chi connectivity index (χ1v) is 28.9. The normalized spacial score (nSPS) is 12.9. The summed E-state index contributed by atoms with van der Waals surface area (Å²) in [6.45, 7) is 6.45. The third-order valence-electron chi connectivity index (χ3n) is 12.0. The van der Waals surface area contributed by atoms with Crippen molar-refractivity contribution in [3.05, 3.63) is 109 Å². The van der Waals surface area contributed by atoms with Crippen LogP contribution in [-0.2, 0) is 28.6 Å². The summed E-state index contributed by atoms with van der Waals surface area (Å²) in [4.78, 5) is 38.1. The predicted molar refractivity (Wildman–Crippen MR) is 302 cm³/mol. The van der Waals surface area contributed by atoms with Crippen molar-refractivity contribution in [2.24, 2.45) is 0 Å². The molecule has 0 spiro atoms. The summed E-state index contributed by atoms with van der Waals surface area (Å²) in [5.74, 6) is -0.945. The molecule has 0 aromatic carbocycles. The van der Waals surface area contributed by atoms with Gasteiger partial charge in [0.25, 0.3) is 0 Å². The van der Waals surface area contributed by atoms with E-state index in [0.717, 1.165) is 148 Å². The molecule has 0 amide bonds. The van der Waals surface area contributed by atoms with Crippen LogP contribution in [0.1, 0.15) is 258 Å². The molecule has 0 aliphatic heterocycles. The summed E-state index contributed by atoms with van der Waals surface area (Å²) in [5.41, 5.74) is 0. The Balaban J connectivity index is 4.45. The maximum Gasteiger partial charge on any atom is 0.306 e. The molecule has 398 valence electrons. The zero-order chi connectivity index (χ0) is 50.7. The average molecular weight is 972 g/mol. The average Bonchev–Trinajstić information content (AvgIpc) is 3.36. The molecule has 0 bridgehead atoms. The molecule has 6 heteroatoms. The fraction of sp³-hybridized carbons (Fsp3) is 0.672. The molecule has 0 aromatic heterocycles. The first-order valence-electron chi connectivity index (χ1n) is 28.9. The number of rotatable bonds is 51. The minimum absolute atomic E-state index is 0.0977. The van der Waals surface area contributed by atoms with E-state index in [2.05, 4.69) is 130 Å². The largest absolute Gasteiger partial charge is 0.462 e. The number of carbonyl (C=O) groups is 3. The van der Waals surface area contributed by atoms with E-state index in [4.69, 9.17) is 14.2 Å². The van der Waals surface area contributed by atoms with Crippen molar-refractivity contribution in [1.29, 1.82) is 0 Å². The van der Waals surface area contributed by atoms with Gasteiger partial charge >= 0.3 is 17.9 Å². The standard InChI is InChI=1S/C64H106O6/c1-4-7-10-13-16-19-22-25-28-29-30-31-32-33-34-35-37-39-42-45-48-51-54-57-63(66)69-60-61(59-68-62(65)56-53-50-47-44-41-38-27-24-21-18-15-12-9-6-3)70-64(67)58-55-52-49-46-43-40-36-26-23-20-17-14-11-8-5-2/h7,10,16-17,19-20,24-28,30-31,33-34,36-37,39,61H,4-6,8-9,11-15,18,21-23,29,32,35,38,40-60H2,1-3H3/b10-7-,19-16-,20-17-,27-24-,28-25-,31-30-,34-33-,36-26-,39-37-. The maximum atomic E-state index is 12.8. The van der Waals surface area contributed by atoms with Gasteiger partial charge in [0.2, 0.25) is 0 Å². The number of unbranched alkanes of at least 4 members (excludes halogenated alkanes) is 22. The Bertz CT molecular complexity index is 1440. The van der Waals surface area contributed by atoms with E-state index in [1.165, 1.54) is 70.6 Å². The van der Waals surface area contributed by atoms with Crippen molar-refractivity contribution in [1.82, 2.24) is 0 Å². The van der Waals surface area contributed by atoms with Gasteiger partial charge in [0.05, 0.1) is 0 Å². The fourth-order valence-corrected chi connectivity index (χ4v) is 7.65. The van der Waals surface area contributed by atoms with Crippen LogP contribution in [0.25, 0.3) is 0 Å². The van der Waals surface area contributed by atoms with E-state index in [9.17, 15) is 14.4 Å². The molecule has 0 aliphatic carbocycles. The summed E-state index contributed by atoms with van der Waals surface area (Å²) in [6, 6.07) is 0. The van der Waals surface area contributed by atoms with Crippen LogP contribution in [0.15, 0.2) is 109 Å². The van der Waals surface area contributed by atoms with E-state index in [-0.39, 0.29) is 31.1 Å². The number of carbonyl (C=O) groups excluding carboxylic acids is 3. The highest BCUT2D eigenvalue weighted by atomic mass is 16.6. The van der Waals surface area contributed by atoms with E-state index in [0.29, 0.717) is 19.3 Å². The van der Waals surface area contributed by atoms with Crippen molar-refractivity contribution in [3.8, 4) is 0 Å². The topological polar surface area (TPSA) is 78.9 Å². The Labute approximate surface area is 431 Å². The van der Waals surface area contributed by atoms with E-state index >= 15 is 0 Å². The zero-order valence-corrected chi connectivity index (χ0v) is 45.5. The number of hydrogen-bond donors (Lipinski definition) is 0. The highest BCUT2D eigenvalue weighted by Gasteiger charge is 2.19. The summed E-state index contributed by atoms with van der Waals surface area (Å²) >= 11 is 0. The lowest BCUT2D eigenvalue weighted by molar-refractivity contribution is -0.167. The van der Waals surface area contributed by atoms with Crippen LogP contribution >= 0.6 is 0 Å². The lowest BCUT2D eigenvalue weighted by Crippen LogP contribution is -2.30. The van der Waals surface area contributed by atoms with Gasteiger partial charge in [0.15, 0.2) is 6.10 Å². The summed E-state index contributed by atoms with van der Waals surface area (Å²) in [5, 5.41) is 0. The van der Waals surface area contributed by atoms with Gasteiger partial charge < -0.3 is 14.2 Å². The van der Waals surface area contributed by atoms with Crippen molar-refractivity contribution < 1.29 is 28.6 Å². The molecule has 1 atom stereocenters. The molecule has 0 radical (unpaired) electrons. The Morgan fingerprint density at radius 1 is 0.300 bits per heavy atom. The second kappa shape index (κ2) is 57.6. The molecule has 0 saturated heterocycles. The van der Waals surface area contributed by atoms with Crippen molar-refractivity contribution in [2.75, 3.05) is 13.2 Å². The first kappa shape index (κ1) is 66.1. The van der Waals surface area contributed by atoms with Gasteiger partial charge in [0.1, 0.15) is 13.2 Å². The third-order valence-corrected chi connectivity index (χ3v) is 12.0. The van der Waals surface area contributed by atoms with Gasteiger partial charge in [-0.3, -0.25) is 14.4 Å². The van der Waals surface area contributed by atoms with Gasteiger partial charge in [0, 0.05) is 19.3 Å². The van der Waals surface area contributed by atoms with Crippen LogP contribution in [0, 0.1) is 0 Å². The first-order chi connectivity index (χ1) is 34.5. The van der Waals surface area contributed by atoms with E-state index in [1.54, 1.807) is 0 Å². The molecular weight excluding hydrogens is 865 g/mol. The summed E-state index contributed by atoms with van der Waals surface area (Å²) in [6.07, 6.45) is 77.9. The molecule has 0 fully saturated rings. The Morgan fingerprint density at radius 2 is 0.557 bits per heavy atom. The van der Waals surface area contributed by atoms with Crippen LogP contribution < -0.4 is 0 Å². The highest BCUT2D eigenvalue weighted by Crippen LogP contribution is 2.13. The predicted octanol–water partition coefficient (Wildman–Crippen LogP) is 19.5. The quantitative estimate of drug-likeness (QED) is 0.0262. The highest BCUT2D eigenvalue weighted by molar-refractivity contribution is 5.71. The monoisotopic (exact) mass is 971 g/mol. The number of ether oxygens (including phenoxy) is 3. The SMILES string of the molecule is CC/C=C\C/C=C\C/C=C\C/C=C\C/C=C\C/C=C\CCCCCCC(=O)OCC(COC(=O)CCCCCCC/C=C\CCCCCCC)OC(=O)CCCCCCC/C=C\C/C=C\CCCCC. The maximum absolute atomic E-state index is 12.8. The third kappa shape index (κ3) is 55.0. The van der Waals surface area contributed by atoms with Gasteiger partial charge in [-0.25, -0.2) is 0 Å².